The Kier molecular flexibility index (Phi) is 11.3. The van der Waals surface area contributed by atoms with E-state index < -0.39 is 17.3 Å². The molecule has 0 saturated carbocycles. The molecule has 0 aromatic carbocycles. The van der Waals surface area contributed by atoms with Crippen LogP contribution in [0.2, 0.25) is 0 Å². The largest absolute Gasteiger partial charge is 0.419 e. The Morgan fingerprint density at radius 1 is 1.02 bits per heavy atom. The van der Waals surface area contributed by atoms with Gasteiger partial charge in [0.1, 0.15) is 12.2 Å². The molecule has 3 fully saturated rings. The van der Waals surface area contributed by atoms with E-state index in [0.717, 1.165) is 83.6 Å². The van der Waals surface area contributed by atoms with E-state index in [9.17, 15) is 18.3 Å². The van der Waals surface area contributed by atoms with E-state index in [4.69, 9.17) is 11.2 Å². The van der Waals surface area contributed by atoms with Crippen LogP contribution in [0, 0.1) is 18.3 Å². The minimum atomic E-state index is -4.61. The molecule has 5 rings (SSSR count). The van der Waals surface area contributed by atoms with Gasteiger partial charge in [-0.1, -0.05) is 5.92 Å². The molecule has 2 aromatic heterocycles. The summed E-state index contributed by atoms with van der Waals surface area (Å²) in [5.41, 5.74) is -1.98. The Morgan fingerprint density at radius 3 is 2.31 bits per heavy atom. The maximum Gasteiger partial charge on any atom is 0.419 e. The van der Waals surface area contributed by atoms with E-state index in [0.29, 0.717) is 12.7 Å². The molecular formula is C31H45F3N8O2S. The van der Waals surface area contributed by atoms with Crippen molar-refractivity contribution >= 4 is 18.1 Å². The monoisotopic (exact) mass is 650 g/mol. The average Bonchev–Trinajstić information content (AvgIpc) is 3.45. The molecule has 0 unspecified atom stereocenters. The molecule has 2 N–H and O–H groups in total. The normalized spacial score (nSPS) is 20.8. The zero-order valence-corrected chi connectivity index (χ0v) is 27.0. The van der Waals surface area contributed by atoms with Crippen LogP contribution in [-0.4, -0.2) is 109 Å². The number of hydrogen-bond acceptors (Lipinski definition) is 10. The molecule has 3 aliphatic heterocycles. The number of nitrogens with zero attached hydrogens (tertiary/aromatic N) is 7. The zero-order valence-electron chi connectivity index (χ0n) is 26.2. The van der Waals surface area contributed by atoms with Gasteiger partial charge in [0, 0.05) is 81.9 Å². The van der Waals surface area contributed by atoms with Crippen molar-refractivity contribution in [2.24, 2.45) is 5.92 Å². The molecule has 0 amide bonds. The van der Waals surface area contributed by atoms with Gasteiger partial charge in [-0.15, -0.1) is 6.42 Å². The third kappa shape index (κ3) is 10.0. The third-order valence-corrected chi connectivity index (χ3v) is 9.79. The lowest BCUT2D eigenvalue weighted by Gasteiger charge is -2.39. The number of anilines is 1. The first kappa shape index (κ1) is 33.9. The highest BCUT2D eigenvalue weighted by Gasteiger charge is 2.36. The molecule has 14 heteroatoms. The number of rotatable bonds is 11. The van der Waals surface area contributed by atoms with Crippen LogP contribution in [0.25, 0.3) is 11.3 Å². The van der Waals surface area contributed by atoms with Crippen molar-refractivity contribution < 1.29 is 23.0 Å². The number of ether oxygens (including phenoxy) is 1. The maximum absolute atomic E-state index is 13.8. The van der Waals surface area contributed by atoms with E-state index in [1.165, 1.54) is 29.9 Å². The fourth-order valence-corrected chi connectivity index (χ4v) is 7.31. The first-order valence-electron chi connectivity index (χ1n) is 15.9. The second kappa shape index (κ2) is 15.0. The highest BCUT2D eigenvalue weighted by atomic mass is 32.2. The van der Waals surface area contributed by atoms with Crippen LogP contribution in [0.5, 0.6) is 0 Å². The number of terminal acetylenes is 1. The summed E-state index contributed by atoms with van der Waals surface area (Å²) in [6.07, 6.45) is 10.8. The Labute approximate surface area is 268 Å². The van der Waals surface area contributed by atoms with Crippen molar-refractivity contribution in [1.29, 1.82) is 0 Å². The lowest BCUT2D eigenvalue weighted by atomic mass is 9.96. The highest BCUT2D eigenvalue weighted by Crippen LogP contribution is 2.36. The van der Waals surface area contributed by atoms with Gasteiger partial charge in [-0.05, 0) is 58.3 Å². The lowest BCUT2D eigenvalue weighted by molar-refractivity contribution is -0.137. The van der Waals surface area contributed by atoms with Crippen molar-refractivity contribution in [3.05, 3.63) is 24.2 Å². The Hall–Kier alpha value is -2.41. The van der Waals surface area contributed by atoms with Gasteiger partial charge in [0.05, 0.1) is 30.1 Å². The summed E-state index contributed by atoms with van der Waals surface area (Å²) in [4.78, 5) is 10.9. The third-order valence-electron chi connectivity index (χ3n) is 8.59. The van der Waals surface area contributed by atoms with Gasteiger partial charge < -0.3 is 20.1 Å². The summed E-state index contributed by atoms with van der Waals surface area (Å²) in [5, 5.41) is 17.5. The van der Waals surface area contributed by atoms with Crippen LogP contribution in [0.1, 0.15) is 57.9 Å². The van der Waals surface area contributed by atoms with E-state index in [1.54, 1.807) is 13.8 Å². The van der Waals surface area contributed by atoms with E-state index in [2.05, 4.69) is 39.8 Å². The predicted octanol–water partition coefficient (Wildman–Crippen LogP) is 4.40. The van der Waals surface area contributed by atoms with Gasteiger partial charge in [-0.3, -0.25) is 4.68 Å². The SMILES string of the molecule is C#CCOC1CCN(CC2CCN(SN3CCC(Nc4ncc(C(F)(F)F)c(-c5cnn(CC(C)(C)O)c5)n4)CC3)CC2)CC1. The second-order valence-electron chi connectivity index (χ2n) is 13.0. The van der Waals surface area contributed by atoms with Crippen molar-refractivity contribution in [2.75, 3.05) is 57.7 Å². The Balaban J connectivity index is 1.06. The van der Waals surface area contributed by atoms with Gasteiger partial charge in [0.15, 0.2) is 0 Å². The van der Waals surface area contributed by atoms with Gasteiger partial charge in [-0.2, -0.15) is 18.3 Å². The number of aliphatic hydroxyl groups is 1. The molecule has 10 nitrogen and oxygen atoms in total. The number of hydrogen-bond donors (Lipinski definition) is 2. The number of piperidine rings is 3. The predicted molar refractivity (Wildman–Crippen MR) is 169 cm³/mol. The lowest BCUT2D eigenvalue weighted by Crippen LogP contribution is -2.43. The number of aromatic nitrogens is 4. The molecule has 5 heterocycles. The molecule has 45 heavy (non-hydrogen) atoms. The zero-order chi connectivity index (χ0) is 32.0. The molecule has 2 aromatic rings. The first-order chi connectivity index (χ1) is 21.4. The highest BCUT2D eigenvalue weighted by molar-refractivity contribution is 7.94. The molecule has 0 atom stereocenters. The molecule has 248 valence electrons. The van der Waals surface area contributed by atoms with Crippen molar-refractivity contribution in [1.82, 2.24) is 33.3 Å². The number of likely N-dealkylation sites (tertiary alicyclic amines) is 1. The van der Waals surface area contributed by atoms with Gasteiger partial charge >= 0.3 is 6.18 Å². The summed E-state index contributed by atoms with van der Waals surface area (Å²) in [6.45, 7) is 11.0. The molecule has 0 spiro atoms. The first-order valence-corrected chi connectivity index (χ1v) is 16.6. The molecular weight excluding hydrogens is 605 g/mol. The fourth-order valence-electron chi connectivity index (χ4n) is 6.24. The Morgan fingerprint density at radius 2 is 1.69 bits per heavy atom. The van der Waals surface area contributed by atoms with Crippen molar-refractivity contribution in [3.8, 4) is 23.6 Å². The second-order valence-corrected chi connectivity index (χ2v) is 14.2. The van der Waals surface area contributed by atoms with Gasteiger partial charge in [0.2, 0.25) is 5.95 Å². The van der Waals surface area contributed by atoms with Crippen molar-refractivity contribution in [3.63, 3.8) is 0 Å². The molecule has 0 aliphatic carbocycles. The van der Waals surface area contributed by atoms with Crippen LogP contribution < -0.4 is 5.32 Å². The summed E-state index contributed by atoms with van der Waals surface area (Å²) >= 11 is 1.83. The summed E-state index contributed by atoms with van der Waals surface area (Å²) < 4.78 is 53.4. The summed E-state index contributed by atoms with van der Waals surface area (Å²) in [6, 6.07) is 0.0659. The van der Waals surface area contributed by atoms with Crippen LogP contribution in [0.4, 0.5) is 19.1 Å². The van der Waals surface area contributed by atoms with E-state index in [-0.39, 0.29) is 29.8 Å². The molecule has 3 aliphatic rings. The van der Waals surface area contributed by atoms with E-state index in [1.807, 2.05) is 12.1 Å². The minimum absolute atomic E-state index is 0.0659. The van der Waals surface area contributed by atoms with Crippen LogP contribution in [0.15, 0.2) is 18.6 Å². The molecule has 0 bridgehead atoms. The Bertz CT molecular complexity index is 1270. The van der Waals surface area contributed by atoms with Gasteiger partial charge in [-0.25, -0.2) is 18.6 Å². The smallest absolute Gasteiger partial charge is 0.389 e. The molecule has 0 radical (unpaired) electrons. The van der Waals surface area contributed by atoms with E-state index >= 15 is 0 Å². The van der Waals surface area contributed by atoms with Crippen LogP contribution >= 0.6 is 12.1 Å². The topological polar surface area (TPSA) is 94.8 Å². The quantitative estimate of drug-likeness (QED) is 0.269. The number of halogens is 3. The van der Waals surface area contributed by atoms with Crippen LogP contribution in [-0.2, 0) is 17.5 Å². The summed E-state index contributed by atoms with van der Waals surface area (Å²) in [7, 11) is 0. The summed E-state index contributed by atoms with van der Waals surface area (Å²) in [5.74, 6) is 3.46. The van der Waals surface area contributed by atoms with Gasteiger partial charge in [0.25, 0.3) is 0 Å². The fraction of sp³-hybridized carbons (Fsp3) is 0.710. The number of alkyl halides is 3. The number of nitrogens with one attached hydrogen (secondary N) is 1. The average molecular weight is 651 g/mol. The van der Waals surface area contributed by atoms with Crippen LogP contribution in [0.3, 0.4) is 0 Å². The molecule has 3 saturated heterocycles. The minimum Gasteiger partial charge on any atom is -0.389 e. The standard InChI is InChI=1S/C31H45F3N8O2S/c1-4-17-44-26-9-11-39(12-10-26)20-23-5-13-41(14-6-23)45-42-15-7-25(8-16-42)37-29-35-19-27(31(32,33)34)28(38-29)24-18-36-40(21-24)22-30(2,3)43/h1,18-19,21,23,25-26,43H,5-17,20,22H2,2-3H3,(H,35,37,38). The van der Waals surface area contributed by atoms with Crippen molar-refractivity contribution in [2.45, 2.75) is 82.8 Å². The maximum atomic E-state index is 13.8.